The Labute approximate surface area is 116 Å². The summed E-state index contributed by atoms with van der Waals surface area (Å²) in [6.45, 7) is 5.41. The van der Waals surface area contributed by atoms with Gasteiger partial charge in [-0.15, -0.1) is 0 Å². The van der Waals surface area contributed by atoms with E-state index in [-0.39, 0.29) is 0 Å². The van der Waals surface area contributed by atoms with Crippen LogP contribution >= 0.6 is 0 Å². The zero-order valence-electron chi connectivity index (χ0n) is 12.1. The minimum atomic E-state index is -0.697. The van der Waals surface area contributed by atoms with Gasteiger partial charge < -0.3 is 14.7 Å². The molecule has 3 nitrogen and oxygen atoms in total. The maximum Gasteiger partial charge on any atom is 0.119 e. The lowest BCUT2D eigenvalue weighted by atomic mass is 9.87. The van der Waals surface area contributed by atoms with Crippen molar-refractivity contribution in [2.24, 2.45) is 0 Å². The Balaban J connectivity index is 2.12. The first-order valence-electron chi connectivity index (χ1n) is 7.27. The van der Waals surface area contributed by atoms with Gasteiger partial charge in [-0.2, -0.15) is 0 Å². The fraction of sp³-hybridized carbons (Fsp3) is 0.625. The summed E-state index contributed by atoms with van der Waals surface area (Å²) in [7, 11) is 1.67. The molecule has 2 rings (SSSR count). The molecule has 19 heavy (non-hydrogen) atoms. The van der Waals surface area contributed by atoms with Crippen LogP contribution in [0.4, 0.5) is 0 Å². The number of benzene rings is 1. The second kappa shape index (κ2) is 6.40. The summed E-state index contributed by atoms with van der Waals surface area (Å²) in [6, 6.07) is 7.86. The van der Waals surface area contributed by atoms with Crippen molar-refractivity contribution in [2.45, 2.75) is 38.2 Å². The van der Waals surface area contributed by atoms with Crippen molar-refractivity contribution in [3.8, 4) is 5.75 Å². The van der Waals surface area contributed by atoms with E-state index in [0.717, 1.165) is 50.2 Å². The summed E-state index contributed by atoms with van der Waals surface area (Å²) < 4.78 is 5.26. The lowest BCUT2D eigenvalue weighted by Gasteiger charge is -2.28. The Kier molecular flexibility index (Phi) is 4.83. The highest BCUT2D eigenvalue weighted by molar-refractivity contribution is 5.32. The molecule has 1 unspecified atom stereocenters. The lowest BCUT2D eigenvalue weighted by Crippen LogP contribution is -2.29. The third-order valence-corrected chi connectivity index (χ3v) is 4.05. The second-order valence-electron chi connectivity index (χ2n) is 5.46. The van der Waals surface area contributed by atoms with E-state index in [2.05, 4.69) is 11.8 Å². The standard InChI is InChI=1S/C16H25NO2/c1-3-10-17-11-5-8-16(18,9-12-17)14-6-4-7-15(13-14)19-2/h4,6-7,13,18H,3,5,8-12H2,1-2H3. The highest BCUT2D eigenvalue weighted by Gasteiger charge is 2.31. The smallest absolute Gasteiger partial charge is 0.119 e. The van der Waals surface area contributed by atoms with E-state index in [1.54, 1.807) is 7.11 Å². The number of ether oxygens (including phenoxy) is 1. The maximum absolute atomic E-state index is 10.9. The molecule has 1 aromatic carbocycles. The van der Waals surface area contributed by atoms with Gasteiger partial charge in [0.1, 0.15) is 5.75 Å². The quantitative estimate of drug-likeness (QED) is 0.906. The summed E-state index contributed by atoms with van der Waals surface area (Å²) in [5, 5.41) is 10.9. The van der Waals surface area contributed by atoms with Crippen LogP contribution in [0.5, 0.6) is 5.75 Å². The fourth-order valence-electron chi connectivity index (χ4n) is 2.92. The monoisotopic (exact) mass is 263 g/mol. The van der Waals surface area contributed by atoms with Crippen molar-refractivity contribution in [1.29, 1.82) is 0 Å². The van der Waals surface area contributed by atoms with Crippen LogP contribution in [0.3, 0.4) is 0 Å². The first-order chi connectivity index (χ1) is 9.18. The van der Waals surface area contributed by atoms with E-state index in [1.807, 2.05) is 24.3 Å². The molecule has 0 bridgehead atoms. The topological polar surface area (TPSA) is 32.7 Å². The van der Waals surface area contributed by atoms with Crippen molar-refractivity contribution in [3.63, 3.8) is 0 Å². The van der Waals surface area contributed by atoms with Crippen LogP contribution in [0.15, 0.2) is 24.3 Å². The number of nitrogens with zero attached hydrogens (tertiary/aromatic N) is 1. The Bertz CT molecular complexity index is 407. The van der Waals surface area contributed by atoms with Crippen LogP contribution < -0.4 is 4.74 Å². The molecule has 0 aromatic heterocycles. The van der Waals surface area contributed by atoms with Crippen molar-refractivity contribution in [2.75, 3.05) is 26.7 Å². The highest BCUT2D eigenvalue weighted by Crippen LogP contribution is 2.34. The number of aliphatic hydroxyl groups is 1. The van der Waals surface area contributed by atoms with Crippen LogP contribution in [-0.4, -0.2) is 36.8 Å². The van der Waals surface area contributed by atoms with Gasteiger partial charge in [0, 0.05) is 6.54 Å². The van der Waals surface area contributed by atoms with Crippen LogP contribution in [-0.2, 0) is 5.60 Å². The molecule has 0 spiro atoms. The third-order valence-electron chi connectivity index (χ3n) is 4.05. The van der Waals surface area contributed by atoms with Gasteiger partial charge in [-0.05, 0) is 56.5 Å². The van der Waals surface area contributed by atoms with Crippen LogP contribution in [0.1, 0.15) is 38.2 Å². The molecule has 1 aromatic rings. The third kappa shape index (κ3) is 3.48. The van der Waals surface area contributed by atoms with Gasteiger partial charge in [-0.25, -0.2) is 0 Å². The molecule has 3 heteroatoms. The van der Waals surface area contributed by atoms with Crippen LogP contribution in [0.2, 0.25) is 0 Å². The Morgan fingerprint density at radius 2 is 2.16 bits per heavy atom. The van der Waals surface area contributed by atoms with Crippen molar-refractivity contribution < 1.29 is 9.84 Å². The molecule has 1 aliphatic heterocycles. The Morgan fingerprint density at radius 1 is 1.32 bits per heavy atom. The van der Waals surface area contributed by atoms with Crippen LogP contribution in [0.25, 0.3) is 0 Å². The van der Waals surface area contributed by atoms with E-state index in [9.17, 15) is 5.11 Å². The molecule has 1 fully saturated rings. The number of rotatable bonds is 4. The summed E-state index contributed by atoms with van der Waals surface area (Å²) in [6.07, 6.45) is 3.87. The number of likely N-dealkylation sites (tertiary alicyclic amines) is 1. The zero-order chi connectivity index (χ0) is 13.7. The molecular weight excluding hydrogens is 238 g/mol. The lowest BCUT2D eigenvalue weighted by molar-refractivity contribution is 0.0210. The second-order valence-corrected chi connectivity index (χ2v) is 5.46. The normalized spacial score (nSPS) is 25.0. The number of hydrogen-bond acceptors (Lipinski definition) is 3. The zero-order valence-corrected chi connectivity index (χ0v) is 12.1. The van der Waals surface area contributed by atoms with E-state index >= 15 is 0 Å². The van der Waals surface area contributed by atoms with Gasteiger partial charge in [0.25, 0.3) is 0 Å². The van der Waals surface area contributed by atoms with Gasteiger partial charge in [0.05, 0.1) is 12.7 Å². The summed E-state index contributed by atoms with van der Waals surface area (Å²) in [4.78, 5) is 2.46. The van der Waals surface area contributed by atoms with E-state index in [4.69, 9.17) is 4.74 Å². The van der Waals surface area contributed by atoms with Gasteiger partial charge in [-0.1, -0.05) is 19.1 Å². The molecule has 1 N–H and O–H groups in total. The first-order valence-corrected chi connectivity index (χ1v) is 7.27. The molecule has 0 radical (unpaired) electrons. The van der Waals surface area contributed by atoms with E-state index in [0.29, 0.717) is 0 Å². The molecule has 0 amide bonds. The predicted molar refractivity (Wildman–Crippen MR) is 77.5 cm³/mol. The highest BCUT2D eigenvalue weighted by atomic mass is 16.5. The van der Waals surface area contributed by atoms with Gasteiger partial charge >= 0.3 is 0 Å². The molecule has 0 saturated carbocycles. The largest absolute Gasteiger partial charge is 0.497 e. The van der Waals surface area contributed by atoms with E-state index < -0.39 is 5.60 Å². The summed E-state index contributed by atoms with van der Waals surface area (Å²) in [5.74, 6) is 0.820. The molecule has 1 aliphatic rings. The predicted octanol–water partition coefficient (Wildman–Crippen LogP) is 2.78. The maximum atomic E-state index is 10.9. The molecule has 1 atom stereocenters. The Morgan fingerprint density at radius 3 is 2.89 bits per heavy atom. The minimum absolute atomic E-state index is 0.697. The fourth-order valence-corrected chi connectivity index (χ4v) is 2.92. The molecule has 1 heterocycles. The number of hydrogen-bond donors (Lipinski definition) is 1. The van der Waals surface area contributed by atoms with E-state index in [1.165, 1.54) is 6.42 Å². The van der Waals surface area contributed by atoms with Crippen molar-refractivity contribution >= 4 is 0 Å². The molecule has 1 saturated heterocycles. The van der Waals surface area contributed by atoms with Crippen LogP contribution in [0, 0.1) is 0 Å². The van der Waals surface area contributed by atoms with Gasteiger partial charge in [0.2, 0.25) is 0 Å². The molecule has 106 valence electrons. The minimum Gasteiger partial charge on any atom is -0.497 e. The first kappa shape index (κ1) is 14.4. The van der Waals surface area contributed by atoms with Gasteiger partial charge in [0.15, 0.2) is 0 Å². The Hall–Kier alpha value is -1.06. The van der Waals surface area contributed by atoms with Crippen molar-refractivity contribution in [1.82, 2.24) is 4.90 Å². The summed E-state index contributed by atoms with van der Waals surface area (Å²) >= 11 is 0. The average molecular weight is 263 g/mol. The molecule has 0 aliphatic carbocycles. The summed E-state index contributed by atoms with van der Waals surface area (Å²) in [5.41, 5.74) is 0.294. The average Bonchev–Trinajstić information content (AvgIpc) is 2.63. The van der Waals surface area contributed by atoms with Gasteiger partial charge in [-0.3, -0.25) is 0 Å². The molecular formula is C16H25NO2. The number of methoxy groups -OCH3 is 1. The van der Waals surface area contributed by atoms with Crippen molar-refractivity contribution in [3.05, 3.63) is 29.8 Å². The SMILES string of the molecule is CCCN1CCCC(O)(c2cccc(OC)c2)CC1.